The first-order valence-corrected chi connectivity index (χ1v) is 10.7. The molecular weight excluding hydrogens is 412 g/mol. The summed E-state index contributed by atoms with van der Waals surface area (Å²) in [4.78, 5) is 12.1. The van der Waals surface area contributed by atoms with E-state index in [-0.39, 0.29) is 17.2 Å². The normalized spacial score (nSPS) is 16.6. The van der Waals surface area contributed by atoms with E-state index in [9.17, 15) is 22.9 Å². The largest absolute Gasteiger partial charge is 0.393 e. The van der Waals surface area contributed by atoms with Crippen molar-refractivity contribution in [3.8, 4) is 0 Å². The Balaban J connectivity index is 1.92. The Labute approximate surface area is 176 Å². The molecule has 30 heavy (non-hydrogen) atoms. The Kier molecular flexibility index (Phi) is 6.42. The SMILES string of the molecule is C=CCC(O)CC1(S(=O)Nc2cc(F)c(=O)n(C)c2Nc2ccc(C)cc2F)CC1. The fourth-order valence-electron chi connectivity index (χ4n) is 3.30. The van der Waals surface area contributed by atoms with Crippen molar-refractivity contribution >= 4 is 28.2 Å². The van der Waals surface area contributed by atoms with Gasteiger partial charge < -0.3 is 15.1 Å². The third-order valence-corrected chi connectivity index (χ3v) is 6.96. The third-order valence-electron chi connectivity index (χ3n) is 5.20. The number of rotatable bonds is 9. The predicted molar refractivity (Wildman–Crippen MR) is 115 cm³/mol. The van der Waals surface area contributed by atoms with E-state index in [0.29, 0.717) is 25.7 Å². The molecule has 3 rings (SSSR count). The summed E-state index contributed by atoms with van der Waals surface area (Å²) >= 11 is 0. The first-order valence-electron chi connectivity index (χ1n) is 9.57. The maximum atomic E-state index is 14.3. The average molecular weight is 438 g/mol. The zero-order chi connectivity index (χ0) is 22.1. The lowest BCUT2D eigenvalue weighted by molar-refractivity contribution is 0.164. The highest BCUT2D eigenvalue weighted by molar-refractivity contribution is 7.88. The lowest BCUT2D eigenvalue weighted by Crippen LogP contribution is -2.30. The van der Waals surface area contributed by atoms with Crippen molar-refractivity contribution in [2.75, 3.05) is 10.0 Å². The lowest BCUT2D eigenvalue weighted by Gasteiger charge is -2.22. The molecule has 3 N–H and O–H groups in total. The monoisotopic (exact) mass is 437 g/mol. The minimum Gasteiger partial charge on any atom is -0.393 e. The Morgan fingerprint density at radius 2 is 2.00 bits per heavy atom. The van der Waals surface area contributed by atoms with E-state index in [4.69, 9.17) is 0 Å². The average Bonchev–Trinajstić information content (AvgIpc) is 3.45. The van der Waals surface area contributed by atoms with E-state index < -0.39 is 39.0 Å². The molecule has 0 spiro atoms. The van der Waals surface area contributed by atoms with Crippen LogP contribution in [0.1, 0.15) is 31.2 Å². The Bertz CT molecular complexity index is 1050. The number of halogens is 2. The number of aliphatic hydroxyl groups is 1. The number of nitrogens with one attached hydrogen (secondary N) is 2. The number of hydrogen-bond donors (Lipinski definition) is 3. The molecule has 1 aromatic carbocycles. The number of aryl methyl sites for hydroxylation is 1. The van der Waals surface area contributed by atoms with Gasteiger partial charge in [0.05, 0.1) is 22.2 Å². The van der Waals surface area contributed by atoms with Crippen LogP contribution in [0.2, 0.25) is 0 Å². The van der Waals surface area contributed by atoms with E-state index in [1.54, 1.807) is 19.1 Å². The van der Waals surface area contributed by atoms with Crippen LogP contribution in [0, 0.1) is 18.6 Å². The molecule has 1 aromatic heterocycles. The highest BCUT2D eigenvalue weighted by Gasteiger charge is 2.50. The van der Waals surface area contributed by atoms with Crippen molar-refractivity contribution in [1.82, 2.24) is 4.57 Å². The molecule has 9 heteroatoms. The molecule has 0 amide bonds. The van der Waals surface area contributed by atoms with Crippen LogP contribution in [0.5, 0.6) is 0 Å². The third kappa shape index (κ3) is 4.62. The number of aromatic nitrogens is 1. The van der Waals surface area contributed by atoms with E-state index in [0.717, 1.165) is 16.2 Å². The summed E-state index contributed by atoms with van der Waals surface area (Å²) < 4.78 is 44.6. The van der Waals surface area contributed by atoms with Crippen LogP contribution in [0.3, 0.4) is 0 Å². The quantitative estimate of drug-likeness (QED) is 0.523. The second-order valence-electron chi connectivity index (χ2n) is 7.66. The minimum atomic E-state index is -1.65. The van der Waals surface area contributed by atoms with Gasteiger partial charge in [-0.3, -0.25) is 9.36 Å². The van der Waals surface area contributed by atoms with Crippen molar-refractivity contribution in [3.05, 3.63) is 64.5 Å². The summed E-state index contributed by atoms with van der Waals surface area (Å²) in [7, 11) is -0.313. The molecule has 162 valence electrons. The molecule has 2 atom stereocenters. The van der Waals surface area contributed by atoms with Crippen LogP contribution in [0.25, 0.3) is 0 Å². The van der Waals surface area contributed by atoms with Crippen LogP contribution < -0.4 is 15.6 Å². The second kappa shape index (κ2) is 8.69. The van der Waals surface area contributed by atoms with Gasteiger partial charge in [0.25, 0.3) is 5.56 Å². The fourth-order valence-corrected chi connectivity index (χ4v) is 4.68. The molecule has 1 saturated carbocycles. The summed E-state index contributed by atoms with van der Waals surface area (Å²) in [6.07, 6.45) is 2.90. The van der Waals surface area contributed by atoms with Crippen LogP contribution in [0.4, 0.5) is 26.0 Å². The molecule has 1 heterocycles. The van der Waals surface area contributed by atoms with Gasteiger partial charge in [-0.1, -0.05) is 12.1 Å². The first kappa shape index (κ1) is 22.2. The van der Waals surface area contributed by atoms with Gasteiger partial charge in [0, 0.05) is 13.1 Å². The summed E-state index contributed by atoms with van der Waals surface area (Å²) in [5.74, 6) is -1.48. The standard InChI is InChI=1S/C21H25F2N3O3S/c1-4-5-14(27)12-21(8-9-21)30(29)25-18-11-16(23)20(28)26(3)19(18)24-17-7-6-13(2)10-15(17)22/h4,6-7,10-11,14,24-25,27H,1,5,8-9,12H2,2-3H3. The van der Waals surface area contributed by atoms with Gasteiger partial charge in [0.15, 0.2) is 5.82 Å². The van der Waals surface area contributed by atoms with E-state index in [2.05, 4.69) is 16.6 Å². The number of nitrogens with zero attached hydrogens (tertiary/aromatic N) is 1. The molecule has 2 aromatic rings. The Hall–Kier alpha value is -2.52. The summed E-state index contributed by atoms with van der Waals surface area (Å²) in [5, 5.41) is 12.9. The van der Waals surface area contributed by atoms with Crippen LogP contribution in [-0.2, 0) is 18.0 Å². The number of pyridine rings is 1. The van der Waals surface area contributed by atoms with Crippen molar-refractivity contribution in [2.45, 2.75) is 43.5 Å². The first-order chi connectivity index (χ1) is 14.2. The fraction of sp³-hybridized carbons (Fsp3) is 0.381. The smallest absolute Gasteiger partial charge is 0.287 e. The molecule has 0 bridgehead atoms. The number of anilines is 3. The van der Waals surface area contributed by atoms with Crippen molar-refractivity contribution < 1.29 is 18.1 Å². The number of aliphatic hydroxyl groups excluding tert-OH is 1. The molecule has 1 aliphatic rings. The molecule has 0 radical (unpaired) electrons. The second-order valence-corrected chi connectivity index (χ2v) is 9.27. The molecule has 0 saturated heterocycles. The molecule has 1 aliphatic carbocycles. The van der Waals surface area contributed by atoms with Crippen LogP contribution >= 0.6 is 0 Å². The summed E-state index contributed by atoms with van der Waals surface area (Å²) in [6.45, 7) is 5.33. The van der Waals surface area contributed by atoms with E-state index in [1.807, 2.05) is 0 Å². The molecule has 6 nitrogen and oxygen atoms in total. The zero-order valence-corrected chi connectivity index (χ0v) is 17.7. The number of benzene rings is 1. The van der Waals surface area contributed by atoms with Crippen molar-refractivity contribution in [2.24, 2.45) is 7.05 Å². The van der Waals surface area contributed by atoms with Crippen molar-refractivity contribution in [3.63, 3.8) is 0 Å². The van der Waals surface area contributed by atoms with E-state index >= 15 is 0 Å². The molecule has 2 unspecified atom stereocenters. The highest BCUT2D eigenvalue weighted by Crippen LogP contribution is 2.46. The Morgan fingerprint density at radius 1 is 1.30 bits per heavy atom. The molecule has 0 aliphatic heterocycles. The lowest BCUT2D eigenvalue weighted by atomic mass is 10.1. The Morgan fingerprint density at radius 3 is 2.60 bits per heavy atom. The van der Waals surface area contributed by atoms with Gasteiger partial charge in [-0.05, 0) is 50.3 Å². The van der Waals surface area contributed by atoms with Gasteiger partial charge in [-0.15, -0.1) is 6.58 Å². The summed E-state index contributed by atoms with van der Waals surface area (Å²) in [5.41, 5.74) is -0.0147. The number of hydrogen-bond acceptors (Lipinski definition) is 4. The van der Waals surface area contributed by atoms with Gasteiger partial charge in [0.2, 0.25) is 0 Å². The predicted octanol–water partition coefficient (Wildman–Crippen LogP) is 3.65. The highest BCUT2D eigenvalue weighted by atomic mass is 32.2. The van der Waals surface area contributed by atoms with E-state index in [1.165, 1.54) is 19.2 Å². The minimum absolute atomic E-state index is 0.0670. The summed E-state index contributed by atoms with van der Waals surface area (Å²) in [6, 6.07) is 5.48. The van der Waals surface area contributed by atoms with Crippen LogP contribution in [-0.4, -0.2) is 24.7 Å². The maximum Gasteiger partial charge on any atom is 0.287 e. The van der Waals surface area contributed by atoms with Gasteiger partial charge in [-0.25, -0.2) is 13.0 Å². The van der Waals surface area contributed by atoms with Gasteiger partial charge >= 0.3 is 0 Å². The molecular formula is C21H25F2N3O3S. The topological polar surface area (TPSA) is 83.4 Å². The zero-order valence-electron chi connectivity index (χ0n) is 16.9. The maximum absolute atomic E-state index is 14.3. The van der Waals surface area contributed by atoms with Crippen LogP contribution in [0.15, 0.2) is 41.7 Å². The van der Waals surface area contributed by atoms with Crippen molar-refractivity contribution in [1.29, 1.82) is 0 Å². The molecule has 1 fully saturated rings. The van der Waals surface area contributed by atoms with Gasteiger partial charge in [-0.2, -0.15) is 0 Å². The van der Waals surface area contributed by atoms with Gasteiger partial charge in [0.1, 0.15) is 22.6 Å².